The lowest BCUT2D eigenvalue weighted by Crippen LogP contribution is -1.91. The summed E-state index contributed by atoms with van der Waals surface area (Å²) in [4.78, 5) is 0.0411. The molecule has 0 saturated heterocycles. The monoisotopic (exact) mass is 206 g/mol. The lowest BCUT2D eigenvalue weighted by molar-refractivity contribution is 0.477. The van der Waals surface area contributed by atoms with Gasteiger partial charge >= 0.3 is 0 Å². The topological polar surface area (TPSA) is 0 Å². The van der Waals surface area contributed by atoms with Crippen LogP contribution < -0.4 is 0 Å². The van der Waals surface area contributed by atoms with Gasteiger partial charge in [-0.05, 0) is 18.2 Å². The summed E-state index contributed by atoms with van der Waals surface area (Å²) < 4.78 is 38.2. The summed E-state index contributed by atoms with van der Waals surface area (Å²) in [5.74, 6) is -2.17. The van der Waals surface area contributed by atoms with Gasteiger partial charge in [-0.15, -0.1) is 11.8 Å². The third-order valence-corrected chi connectivity index (χ3v) is 2.64. The molecule has 0 unspecified atom stereocenters. The van der Waals surface area contributed by atoms with Gasteiger partial charge in [-0.1, -0.05) is 6.92 Å². The first-order valence-corrected chi connectivity index (χ1v) is 4.91. The molecule has 0 bridgehead atoms. The highest BCUT2D eigenvalue weighted by Crippen LogP contribution is 2.25. The van der Waals surface area contributed by atoms with E-state index in [0.717, 1.165) is 24.2 Å². The van der Waals surface area contributed by atoms with Gasteiger partial charge in [0.25, 0.3) is 0 Å². The van der Waals surface area contributed by atoms with Crippen molar-refractivity contribution in [2.45, 2.75) is 18.2 Å². The van der Waals surface area contributed by atoms with E-state index in [0.29, 0.717) is 11.8 Å². The molecule has 0 aliphatic heterocycles. The molecular formula is C9H9F3S. The van der Waals surface area contributed by atoms with Crippen LogP contribution in [0.15, 0.2) is 17.0 Å². The molecule has 0 heterocycles. The van der Waals surface area contributed by atoms with E-state index in [4.69, 9.17) is 0 Å². The maximum Gasteiger partial charge on any atom is 0.172 e. The predicted octanol–water partition coefficient (Wildman–Crippen LogP) is 3.61. The van der Waals surface area contributed by atoms with Gasteiger partial charge in [0.2, 0.25) is 0 Å². The first-order chi connectivity index (χ1) is 6.15. The fourth-order valence-corrected chi connectivity index (χ4v) is 1.69. The molecule has 72 valence electrons. The standard InChI is InChI=1S/C9H9F3S/c1-2-3-13-8-5-6(10)4-7(11)9(8)12/h4-5H,2-3H2,1H3. The van der Waals surface area contributed by atoms with Crippen LogP contribution >= 0.6 is 11.8 Å². The Kier molecular flexibility index (Phi) is 3.66. The average molecular weight is 206 g/mol. The van der Waals surface area contributed by atoms with Crippen LogP contribution in [0.1, 0.15) is 13.3 Å². The summed E-state index contributed by atoms with van der Waals surface area (Å²) in [6.45, 7) is 1.92. The van der Waals surface area contributed by atoms with Crippen molar-refractivity contribution >= 4 is 11.8 Å². The highest BCUT2D eigenvalue weighted by molar-refractivity contribution is 7.99. The van der Waals surface area contributed by atoms with Gasteiger partial charge in [-0.3, -0.25) is 0 Å². The normalized spacial score (nSPS) is 10.5. The minimum atomic E-state index is -1.13. The quantitative estimate of drug-likeness (QED) is 0.537. The van der Waals surface area contributed by atoms with Crippen LogP contribution in [0.25, 0.3) is 0 Å². The van der Waals surface area contributed by atoms with Crippen LogP contribution in [-0.2, 0) is 0 Å². The number of halogens is 3. The molecule has 0 spiro atoms. The largest absolute Gasteiger partial charge is 0.207 e. The first kappa shape index (κ1) is 10.4. The van der Waals surface area contributed by atoms with Gasteiger partial charge in [0.15, 0.2) is 11.6 Å². The smallest absolute Gasteiger partial charge is 0.172 e. The molecule has 0 nitrogen and oxygen atoms in total. The Morgan fingerprint density at radius 2 is 1.92 bits per heavy atom. The van der Waals surface area contributed by atoms with E-state index in [1.807, 2.05) is 6.92 Å². The molecule has 0 N–H and O–H groups in total. The van der Waals surface area contributed by atoms with Crippen LogP contribution in [0.4, 0.5) is 13.2 Å². The molecular weight excluding hydrogens is 197 g/mol. The average Bonchev–Trinajstić information content (AvgIpc) is 2.09. The second kappa shape index (κ2) is 4.56. The van der Waals surface area contributed by atoms with Crippen LogP contribution in [0.2, 0.25) is 0 Å². The van der Waals surface area contributed by atoms with Crippen molar-refractivity contribution in [3.63, 3.8) is 0 Å². The Balaban J connectivity index is 2.92. The van der Waals surface area contributed by atoms with E-state index >= 15 is 0 Å². The Labute approximate surface area is 79.1 Å². The number of thioether (sulfide) groups is 1. The second-order valence-corrected chi connectivity index (χ2v) is 3.68. The van der Waals surface area contributed by atoms with Crippen molar-refractivity contribution in [1.82, 2.24) is 0 Å². The molecule has 1 aromatic carbocycles. The summed E-state index contributed by atoms with van der Waals surface area (Å²) in [5.41, 5.74) is 0. The highest BCUT2D eigenvalue weighted by atomic mass is 32.2. The molecule has 1 rings (SSSR count). The molecule has 0 radical (unpaired) electrons. The molecule has 0 aromatic heterocycles. The van der Waals surface area contributed by atoms with E-state index in [-0.39, 0.29) is 4.90 Å². The lowest BCUT2D eigenvalue weighted by Gasteiger charge is -2.02. The highest BCUT2D eigenvalue weighted by Gasteiger charge is 2.10. The van der Waals surface area contributed by atoms with Crippen LogP contribution in [0.5, 0.6) is 0 Å². The molecule has 0 aliphatic rings. The number of rotatable bonds is 3. The van der Waals surface area contributed by atoms with Gasteiger partial charge in [0.1, 0.15) is 5.82 Å². The Morgan fingerprint density at radius 1 is 1.23 bits per heavy atom. The van der Waals surface area contributed by atoms with Crippen LogP contribution in [0, 0.1) is 17.5 Å². The predicted molar refractivity (Wildman–Crippen MR) is 47.3 cm³/mol. The zero-order chi connectivity index (χ0) is 9.84. The SMILES string of the molecule is CCCSc1cc(F)cc(F)c1F. The van der Waals surface area contributed by atoms with Crippen molar-refractivity contribution in [3.05, 3.63) is 29.6 Å². The fourth-order valence-electron chi connectivity index (χ4n) is 0.849. The molecule has 1 aromatic rings. The summed E-state index contributed by atoms with van der Waals surface area (Å²) in [6.07, 6.45) is 0.836. The summed E-state index contributed by atoms with van der Waals surface area (Å²) in [5, 5.41) is 0. The summed E-state index contributed by atoms with van der Waals surface area (Å²) in [6, 6.07) is 1.56. The van der Waals surface area contributed by atoms with Crippen molar-refractivity contribution in [2.24, 2.45) is 0 Å². The molecule has 0 amide bonds. The maximum atomic E-state index is 12.9. The van der Waals surface area contributed by atoms with Crippen molar-refractivity contribution in [1.29, 1.82) is 0 Å². The Morgan fingerprint density at radius 3 is 2.54 bits per heavy atom. The zero-order valence-corrected chi connectivity index (χ0v) is 7.93. The van der Waals surface area contributed by atoms with Gasteiger partial charge in [-0.2, -0.15) is 0 Å². The Bertz CT molecular complexity index is 299. The van der Waals surface area contributed by atoms with Crippen molar-refractivity contribution in [3.8, 4) is 0 Å². The third-order valence-electron chi connectivity index (χ3n) is 1.42. The van der Waals surface area contributed by atoms with Gasteiger partial charge in [-0.25, -0.2) is 13.2 Å². The third kappa shape index (κ3) is 2.66. The fraction of sp³-hybridized carbons (Fsp3) is 0.333. The summed E-state index contributed by atoms with van der Waals surface area (Å²) >= 11 is 1.12. The molecule has 0 saturated carbocycles. The minimum Gasteiger partial charge on any atom is -0.207 e. The Hall–Kier alpha value is -0.640. The lowest BCUT2D eigenvalue weighted by atomic mass is 10.3. The molecule has 13 heavy (non-hydrogen) atoms. The molecule has 0 fully saturated rings. The molecule has 4 heteroatoms. The van der Waals surface area contributed by atoms with Crippen molar-refractivity contribution in [2.75, 3.05) is 5.75 Å². The van der Waals surface area contributed by atoms with E-state index in [1.54, 1.807) is 0 Å². The van der Waals surface area contributed by atoms with Crippen LogP contribution in [-0.4, -0.2) is 5.75 Å². The number of benzene rings is 1. The first-order valence-electron chi connectivity index (χ1n) is 3.92. The van der Waals surface area contributed by atoms with Crippen molar-refractivity contribution < 1.29 is 13.2 Å². The van der Waals surface area contributed by atoms with Gasteiger partial charge < -0.3 is 0 Å². The molecule has 0 atom stereocenters. The number of hydrogen-bond acceptors (Lipinski definition) is 1. The number of hydrogen-bond donors (Lipinski definition) is 0. The second-order valence-electron chi connectivity index (χ2n) is 2.55. The zero-order valence-electron chi connectivity index (χ0n) is 7.11. The van der Waals surface area contributed by atoms with Crippen LogP contribution in [0.3, 0.4) is 0 Å². The maximum absolute atomic E-state index is 12.9. The van der Waals surface area contributed by atoms with E-state index in [9.17, 15) is 13.2 Å². The van der Waals surface area contributed by atoms with E-state index in [2.05, 4.69) is 0 Å². The summed E-state index contributed by atoms with van der Waals surface area (Å²) in [7, 11) is 0. The van der Waals surface area contributed by atoms with Gasteiger partial charge in [0, 0.05) is 11.0 Å². The molecule has 0 aliphatic carbocycles. The minimum absolute atomic E-state index is 0.0411. The van der Waals surface area contributed by atoms with Gasteiger partial charge in [0.05, 0.1) is 0 Å². The van der Waals surface area contributed by atoms with E-state index < -0.39 is 17.5 Å². The van der Waals surface area contributed by atoms with E-state index in [1.165, 1.54) is 0 Å².